The second-order valence-electron chi connectivity index (χ2n) is 14.5. The Labute approximate surface area is 363 Å². The first kappa shape index (κ1) is 46.6. The molecule has 3 aliphatic rings. The molecule has 6 rings (SSSR count). The van der Waals surface area contributed by atoms with Gasteiger partial charge in [-0.05, 0) is 152 Å². The minimum Gasteiger partial charge on any atom is -0.311 e. The van der Waals surface area contributed by atoms with E-state index in [-0.39, 0.29) is 0 Å². The molecular weight excluding hydrogens is 729 g/mol. The average Bonchev–Trinajstić information content (AvgIpc) is 3.48. The molecule has 0 saturated heterocycles. The van der Waals surface area contributed by atoms with E-state index in [1.807, 2.05) is 39.8 Å². The fourth-order valence-corrected chi connectivity index (χ4v) is 7.49. The Bertz CT molecular complexity index is 2270. The number of fused-ring (bicyclic) bond motifs is 2. The van der Waals surface area contributed by atoms with E-state index in [9.17, 15) is 0 Å². The lowest BCUT2D eigenvalue weighted by molar-refractivity contribution is 0.569. The van der Waals surface area contributed by atoms with Crippen molar-refractivity contribution in [2.45, 2.75) is 102 Å². The summed E-state index contributed by atoms with van der Waals surface area (Å²) in [5, 5.41) is 0. The van der Waals surface area contributed by atoms with Gasteiger partial charge in [-0.25, -0.2) is 4.98 Å². The van der Waals surface area contributed by atoms with Crippen molar-refractivity contribution in [1.82, 2.24) is 14.5 Å². The van der Waals surface area contributed by atoms with Crippen LogP contribution in [0, 0.1) is 20.8 Å². The maximum Gasteiger partial charge on any atom is 0.138 e. The zero-order valence-corrected chi connectivity index (χ0v) is 38.3. The molecule has 0 radical (unpaired) electrons. The van der Waals surface area contributed by atoms with Crippen LogP contribution in [-0.2, 0) is 0 Å². The number of aryl methyl sites for hydroxylation is 3. The van der Waals surface area contributed by atoms with Gasteiger partial charge in [0.2, 0.25) is 0 Å². The molecule has 2 aromatic carbocycles. The van der Waals surface area contributed by atoms with Crippen LogP contribution < -0.4 is 4.90 Å². The van der Waals surface area contributed by atoms with Crippen LogP contribution in [-0.4, -0.2) is 14.5 Å². The van der Waals surface area contributed by atoms with Crippen LogP contribution in [0.3, 0.4) is 0 Å². The third-order valence-electron chi connectivity index (χ3n) is 10.3. The topological polar surface area (TPSA) is 24.3 Å². The van der Waals surface area contributed by atoms with Gasteiger partial charge in [-0.15, -0.1) is 0 Å². The molecule has 0 fully saturated rings. The summed E-state index contributed by atoms with van der Waals surface area (Å²) in [5.41, 5.74) is 16.0. The van der Waals surface area contributed by atoms with Crippen molar-refractivity contribution in [2.24, 2.45) is 0 Å². The molecule has 4 nitrogen and oxygen atoms in total. The third-order valence-corrected chi connectivity index (χ3v) is 10.3. The van der Waals surface area contributed by atoms with Crippen LogP contribution in [0.25, 0.3) is 17.8 Å². The van der Waals surface area contributed by atoms with Gasteiger partial charge in [0.05, 0.1) is 17.1 Å². The summed E-state index contributed by atoms with van der Waals surface area (Å²) in [6.45, 7) is 26.9. The molecule has 1 aliphatic heterocycles. The number of nitrogens with zero attached hydrogens (tertiary/aromatic N) is 4. The summed E-state index contributed by atoms with van der Waals surface area (Å²) in [5.74, 6) is 0.872. The second-order valence-corrected chi connectivity index (χ2v) is 14.5. The predicted molar refractivity (Wildman–Crippen MR) is 265 cm³/mol. The Morgan fingerprint density at radius 2 is 1.43 bits per heavy atom. The number of aromatic nitrogens is 2. The van der Waals surface area contributed by atoms with Crippen molar-refractivity contribution < 1.29 is 0 Å². The predicted octanol–water partition coefficient (Wildman–Crippen LogP) is 16.2. The number of hydrogen-bond donors (Lipinski definition) is 0. The third kappa shape index (κ3) is 11.1. The van der Waals surface area contributed by atoms with E-state index in [1.165, 1.54) is 27.8 Å². The summed E-state index contributed by atoms with van der Waals surface area (Å²) < 4.78 is 2.29. The van der Waals surface area contributed by atoms with E-state index in [1.54, 1.807) is 0 Å². The molecule has 0 saturated carbocycles. The van der Waals surface area contributed by atoms with Crippen LogP contribution in [0.15, 0.2) is 186 Å². The first-order chi connectivity index (χ1) is 29.3. The van der Waals surface area contributed by atoms with Crippen molar-refractivity contribution in [1.29, 1.82) is 0 Å². The van der Waals surface area contributed by atoms with Crippen LogP contribution >= 0.6 is 0 Å². The Morgan fingerprint density at radius 3 is 2.03 bits per heavy atom. The largest absolute Gasteiger partial charge is 0.311 e. The van der Waals surface area contributed by atoms with E-state index in [0.717, 1.165) is 82.8 Å². The molecule has 2 heterocycles. The van der Waals surface area contributed by atoms with E-state index >= 15 is 0 Å². The first-order valence-corrected chi connectivity index (χ1v) is 21.9. The van der Waals surface area contributed by atoms with Crippen molar-refractivity contribution in [3.8, 4) is 0 Å². The van der Waals surface area contributed by atoms with Crippen LogP contribution in [0.1, 0.15) is 109 Å². The molecule has 2 aliphatic carbocycles. The quantitative estimate of drug-likeness (QED) is 0.171. The van der Waals surface area contributed by atoms with Gasteiger partial charge < -0.3 is 9.80 Å². The number of hydrogen-bond acceptors (Lipinski definition) is 3. The SMILES string of the molecule is C=C/C=C\c1c(C)nc(/C=C/C(=C\C(=C/C)N(c2ccc(C)cc2)c2ccc(C)cc2)N2C3=C(C)CC(=CC=C3)C(/C=C\C)=C2/C=C\C)n1C1=CCCCC=C1.CC.CC. The zero-order valence-electron chi connectivity index (χ0n) is 38.3. The van der Waals surface area contributed by atoms with Crippen molar-refractivity contribution in [2.75, 3.05) is 4.90 Å². The molecule has 1 aromatic heterocycles. The molecule has 0 unspecified atom stereocenters. The van der Waals surface area contributed by atoms with Crippen LogP contribution in [0.4, 0.5) is 11.4 Å². The highest BCUT2D eigenvalue weighted by Crippen LogP contribution is 2.41. The highest BCUT2D eigenvalue weighted by molar-refractivity contribution is 5.73. The van der Waals surface area contributed by atoms with Gasteiger partial charge >= 0.3 is 0 Å². The van der Waals surface area contributed by atoms with Crippen molar-refractivity contribution in [3.63, 3.8) is 0 Å². The zero-order chi connectivity index (χ0) is 43.6. The van der Waals surface area contributed by atoms with Gasteiger partial charge in [-0.3, -0.25) is 4.57 Å². The summed E-state index contributed by atoms with van der Waals surface area (Å²) in [6, 6.07) is 17.6. The minimum atomic E-state index is 0.870. The molecule has 0 amide bonds. The summed E-state index contributed by atoms with van der Waals surface area (Å²) in [6.07, 6.45) is 41.4. The van der Waals surface area contributed by atoms with Gasteiger partial charge in [0.1, 0.15) is 5.82 Å². The number of anilines is 2. The Hall–Kier alpha value is -6.13. The average molecular weight is 797 g/mol. The van der Waals surface area contributed by atoms with E-state index in [2.05, 4.69) is 209 Å². The summed E-state index contributed by atoms with van der Waals surface area (Å²) >= 11 is 0. The molecule has 60 heavy (non-hydrogen) atoms. The standard InChI is InChI=1S/C52H56N4.2C2H6/c1-9-13-24-50-41(8)53-52(56(50)44-22-16-14-15-17-23-44)35-34-47(55-49-25-18-21-42(36-40(49)7)48(19-10-2)51(55)20-11-3)37-43(12-4)54(45-30-26-38(5)27-31-45)46-32-28-39(6)29-33-46;2*1-2/h9-13,16,18-35,37H,1,14-15,17,36H2,2-8H3;2*1-2H3/b19-10-,20-11-,24-13-,35-34+,43-12+,47-37+;;. The smallest absolute Gasteiger partial charge is 0.138 e. The van der Waals surface area contributed by atoms with E-state index in [4.69, 9.17) is 4.98 Å². The lowest BCUT2D eigenvalue weighted by Gasteiger charge is -2.32. The molecule has 3 aromatic rings. The number of benzene rings is 2. The molecule has 4 heteroatoms. The van der Waals surface area contributed by atoms with E-state index < -0.39 is 0 Å². The molecule has 0 N–H and O–H groups in total. The molecule has 2 bridgehead atoms. The van der Waals surface area contributed by atoms with Crippen LogP contribution in [0.2, 0.25) is 0 Å². The Kier molecular flexibility index (Phi) is 18.2. The Morgan fingerprint density at radius 1 is 0.783 bits per heavy atom. The molecule has 0 spiro atoms. The number of rotatable bonds is 12. The molecule has 0 atom stereocenters. The Balaban J connectivity index is 0.00000193. The number of allylic oxidation sites excluding steroid dienone is 19. The summed E-state index contributed by atoms with van der Waals surface area (Å²) in [4.78, 5) is 9.99. The fourth-order valence-electron chi connectivity index (χ4n) is 7.49. The normalized spacial score (nSPS) is 15.9. The highest BCUT2D eigenvalue weighted by Gasteiger charge is 2.27. The summed E-state index contributed by atoms with van der Waals surface area (Å²) in [7, 11) is 0. The van der Waals surface area contributed by atoms with Gasteiger partial charge in [0.15, 0.2) is 0 Å². The molecule has 312 valence electrons. The van der Waals surface area contributed by atoms with Gasteiger partial charge in [0, 0.05) is 39.7 Å². The second kappa shape index (κ2) is 23.5. The lowest BCUT2D eigenvalue weighted by atomic mass is 9.97. The highest BCUT2D eigenvalue weighted by atomic mass is 15.2. The number of imidazole rings is 1. The lowest BCUT2D eigenvalue weighted by Crippen LogP contribution is -2.23. The van der Waals surface area contributed by atoms with Crippen LogP contribution in [0.5, 0.6) is 0 Å². The van der Waals surface area contributed by atoms with Gasteiger partial charge in [-0.1, -0.05) is 130 Å². The minimum absolute atomic E-state index is 0.870. The first-order valence-electron chi connectivity index (χ1n) is 21.9. The maximum atomic E-state index is 5.20. The molecular formula is C56H68N4. The van der Waals surface area contributed by atoms with Crippen molar-refractivity contribution in [3.05, 3.63) is 214 Å². The fraction of sp³-hybridized carbons (Fsp3) is 0.268. The van der Waals surface area contributed by atoms with Gasteiger partial charge in [-0.2, -0.15) is 0 Å². The van der Waals surface area contributed by atoms with Gasteiger partial charge in [0.25, 0.3) is 0 Å². The maximum absolute atomic E-state index is 5.20. The van der Waals surface area contributed by atoms with Crippen molar-refractivity contribution >= 4 is 29.2 Å². The van der Waals surface area contributed by atoms with E-state index in [0.29, 0.717) is 0 Å². The monoisotopic (exact) mass is 797 g/mol.